The monoisotopic (exact) mass is 242 g/mol. The second-order valence-electron chi connectivity index (χ2n) is 4.66. The van der Waals surface area contributed by atoms with Crippen molar-refractivity contribution in [3.63, 3.8) is 0 Å². The smallest absolute Gasteiger partial charge is 0.123 e. The molecule has 0 radical (unpaired) electrons. The number of phenols is 1. The molecule has 0 bridgehead atoms. The van der Waals surface area contributed by atoms with Crippen molar-refractivity contribution in [2.75, 3.05) is 7.11 Å². The molecule has 0 amide bonds. The Morgan fingerprint density at radius 2 is 1.56 bits per heavy atom. The number of hydrogen-bond acceptors (Lipinski definition) is 2. The van der Waals surface area contributed by atoms with Crippen LogP contribution < -0.4 is 4.74 Å². The van der Waals surface area contributed by atoms with E-state index < -0.39 is 0 Å². The summed E-state index contributed by atoms with van der Waals surface area (Å²) in [4.78, 5) is 0. The summed E-state index contributed by atoms with van der Waals surface area (Å²) in [6.45, 7) is 6.21. The van der Waals surface area contributed by atoms with Crippen molar-refractivity contribution >= 4 is 0 Å². The van der Waals surface area contributed by atoms with Crippen LogP contribution in [0.25, 0.3) is 11.1 Å². The van der Waals surface area contributed by atoms with Gasteiger partial charge in [0.1, 0.15) is 11.5 Å². The predicted molar refractivity (Wildman–Crippen MR) is 74.3 cm³/mol. The molecule has 18 heavy (non-hydrogen) atoms. The predicted octanol–water partition coefficient (Wildman–Crippen LogP) is 3.99. The van der Waals surface area contributed by atoms with Crippen molar-refractivity contribution in [3.8, 4) is 22.6 Å². The second-order valence-corrected chi connectivity index (χ2v) is 4.66. The molecule has 2 rings (SSSR count). The van der Waals surface area contributed by atoms with Crippen molar-refractivity contribution in [1.29, 1.82) is 0 Å². The van der Waals surface area contributed by atoms with E-state index in [1.165, 1.54) is 5.56 Å². The Morgan fingerprint density at radius 3 is 2.11 bits per heavy atom. The van der Waals surface area contributed by atoms with Gasteiger partial charge >= 0.3 is 0 Å². The molecule has 0 fully saturated rings. The Hall–Kier alpha value is -1.96. The zero-order chi connectivity index (χ0) is 13.3. The highest BCUT2D eigenvalue weighted by atomic mass is 16.5. The molecule has 0 unspecified atom stereocenters. The zero-order valence-corrected chi connectivity index (χ0v) is 11.2. The van der Waals surface area contributed by atoms with Gasteiger partial charge in [-0.2, -0.15) is 0 Å². The topological polar surface area (TPSA) is 29.5 Å². The second kappa shape index (κ2) is 4.73. The molecule has 2 heteroatoms. The summed E-state index contributed by atoms with van der Waals surface area (Å²) in [6.07, 6.45) is 0. The minimum absolute atomic E-state index is 0.283. The van der Waals surface area contributed by atoms with Crippen molar-refractivity contribution in [3.05, 3.63) is 47.0 Å². The van der Waals surface area contributed by atoms with Crippen LogP contribution in [0.2, 0.25) is 0 Å². The molecule has 0 atom stereocenters. The summed E-state index contributed by atoms with van der Waals surface area (Å²) in [5.41, 5.74) is 5.46. The molecule has 0 spiro atoms. The Labute approximate surface area is 108 Å². The molecular formula is C16H18O2. The van der Waals surface area contributed by atoms with Crippen LogP contribution in [-0.2, 0) is 0 Å². The lowest BCUT2D eigenvalue weighted by Gasteiger charge is -2.14. The van der Waals surface area contributed by atoms with Crippen molar-refractivity contribution < 1.29 is 9.84 Å². The van der Waals surface area contributed by atoms with Gasteiger partial charge in [-0.3, -0.25) is 0 Å². The van der Waals surface area contributed by atoms with Gasteiger partial charge in [0.05, 0.1) is 7.11 Å². The van der Waals surface area contributed by atoms with E-state index >= 15 is 0 Å². The normalized spacial score (nSPS) is 10.4. The molecule has 1 N–H and O–H groups in total. The van der Waals surface area contributed by atoms with Crippen molar-refractivity contribution in [1.82, 2.24) is 0 Å². The van der Waals surface area contributed by atoms with E-state index in [4.69, 9.17) is 4.74 Å². The van der Waals surface area contributed by atoms with Gasteiger partial charge in [0.2, 0.25) is 0 Å². The standard InChI is InChI=1S/C16H18O2/c1-10-7-11(2)16(12(3)8-10)14-9-13(18-4)5-6-15(14)17/h5-9,17H,1-4H3. The van der Waals surface area contributed by atoms with Gasteiger partial charge in [0.25, 0.3) is 0 Å². The first-order chi connectivity index (χ1) is 8.52. The molecule has 0 aliphatic carbocycles. The number of rotatable bonds is 2. The molecule has 2 aromatic rings. The van der Waals surface area contributed by atoms with E-state index in [1.54, 1.807) is 19.2 Å². The molecule has 0 saturated carbocycles. The fourth-order valence-electron chi connectivity index (χ4n) is 2.45. The lowest BCUT2D eigenvalue weighted by Crippen LogP contribution is -1.92. The fourth-order valence-corrected chi connectivity index (χ4v) is 2.45. The number of aryl methyl sites for hydroxylation is 3. The maximum atomic E-state index is 10.0. The largest absolute Gasteiger partial charge is 0.507 e. The van der Waals surface area contributed by atoms with Crippen LogP contribution in [0.1, 0.15) is 16.7 Å². The number of aromatic hydroxyl groups is 1. The zero-order valence-electron chi connectivity index (χ0n) is 11.2. The van der Waals surface area contributed by atoms with Gasteiger partial charge in [-0.25, -0.2) is 0 Å². The van der Waals surface area contributed by atoms with Crippen LogP contribution in [0.15, 0.2) is 30.3 Å². The Morgan fingerprint density at radius 1 is 0.944 bits per heavy atom. The number of phenolic OH excluding ortho intramolecular Hbond substituents is 1. The molecule has 0 aliphatic rings. The Kier molecular flexibility index (Phi) is 3.28. The van der Waals surface area contributed by atoms with E-state index in [2.05, 4.69) is 32.9 Å². The molecule has 2 nitrogen and oxygen atoms in total. The number of benzene rings is 2. The molecule has 0 saturated heterocycles. The summed E-state index contributed by atoms with van der Waals surface area (Å²) in [6, 6.07) is 9.56. The molecule has 94 valence electrons. The SMILES string of the molecule is COc1ccc(O)c(-c2c(C)cc(C)cc2C)c1. The lowest BCUT2D eigenvalue weighted by atomic mass is 9.93. The highest BCUT2D eigenvalue weighted by molar-refractivity contribution is 5.77. The summed E-state index contributed by atoms with van der Waals surface area (Å²) in [5.74, 6) is 1.04. The van der Waals surface area contributed by atoms with E-state index in [-0.39, 0.29) is 5.75 Å². The first-order valence-corrected chi connectivity index (χ1v) is 5.98. The van der Waals surface area contributed by atoms with Crippen LogP contribution in [0.3, 0.4) is 0 Å². The number of hydrogen-bond donors (Lipinski definition) is 1. The Bertz CT molecular complexity index is 563. The van der Waals surface area contributed by atoms with Crippen molar-refractivity contribution in [2.24, 2.45) is 0 Å². The third-order valence-corrected chi connectivity index (χ3v) is 3.15. The molecule has 0 aliphatic heterocycles. The van der Waals surface area contributed by atoms with Gasteiger partial charge in [-0.05, 0) is 55.7 Å². The number of methoxy groups -OCH3 is 1. The summed E-state index contributed by atoms with van der Waals surface area (Å²) in [5, 5.41) is 10.0. The lowest BCUT2D eigenvalue weighted by molar-refractivity contribution is 0.412. The average molecular weight is 242 g/mol. The first-order valence-electron chi connectivity index (χ1n) is 5.98. The highest BCUT2D eigenvalue weighted by Gasteiger charge is 2.11. The van der Waals surface area contributed by atoms with Crippen LogP contribution in [-0.4, -0.2) is 12.2 Å². The average Bonchev–Trinajstić information content (AvgIpc) is 2.30. The quantitative estimate of drug-likeness (QED) is 0.862. The van der Waals surface area contributed by atoms with Crippen LogP contribution >= 0.6 is 0 Å². The fraction of sp³-hybridized carbons (Fsp3) is 0.250. The minimum atomic E-state index is 0.283. The summed E-state index contributed by atoms with van der Waals surface area (Å²) >= 11 is 0. The Balaban J connectivity index is 2.68. The molecule has 0 heterocycles. The maximum absolute atomic E-state index is 10.0. The molecular weight excluding hydrogens is 224 g/mol. The van der Waals surface area contributed by atoms with Gasteiger partial charge < -0.3 is 9.84 Å². The van der Waals surface area contributed by atoms with Gasteiger partial charge in [-0.1, -0.05) is 17.7 Å². The number of ether oxygens (including phenoxy) is 1. The van der Waals surface area contributed by atoms with Gasteiger partial charge in [0.15, 0.2) is 0 Å². The van der Waals surface area contributed by atoms with Crippen LogP contribution in [0, 0.1) is 20.8 Å². The van der Waals surface area contributed by atoms with E-state index in [0.717, 1.165) is 28.0 Å². The highest BCUT2D eigenvalue weighted by Crippen LogP contribution is 2.36. The maximum Gasteiger partial charge on any atom is 0.123 e. The van der Waals surface area contributed by atoms with Crippen LogP contribution in [0.4, 0.5) is 0 Å². The van der Waals surface area contributed by atoms with Gasteiger partial charge in [0, 0.05) is 5.56 Å². The first kappa shape index (κ1) is 12.5. The third kappa shape index (κ3) is 2.19. The van der Waals surface area contributed by atoms with E-state index in [9.17, 15) is 5.11 Å². The molecule has 0 aromatic heterocycles. The third-order valence-electron chi connectivity index (χ3n) is 3.15. The molecule has 2 aromatic carbocycles. The summed E-state index contributed by atoms with van der Waals surface area (Å²) in [7, 11) is 1.63. The minimum Gasteiger partial charge on any atom is -0.507 e. The van der Waals surface area contributed by atoms with Crippen LogP contribution in [0.5, 0.6) is 11.5 Å². The summed E-state index contributed by atoms with van der Waals surface area (Å²) < 4.78 is 5.22. The van der Waals surface area contributed by atoms with E-state index in [1.807, 2.05) is 6.07 Å². The van der Waals surface area contributed by atoms with Crippen molar-refractivity contribution in [2.45, 2.75) is 20.8 Å². The van der Waals surface area contributed by atoms with E-state index in [0.29, 0.717) is 0 Å². The van der Waals surface area contributed by atoms with Gasteiger partial charge in [-0.15, -0.1) is 0 Å².